The van der Waals surface area contributed by atoms with Crippen LogP contribution in [0.5, 0.6) is 0 Å². The first-order valence-electron chi connectivity index (χ1n) is 5.11. The Morgan fingerprint density at radius 1 is 1.50 bits per heavy atom. The van der Waals surface area contributed by atoms with Gasteiger partial charge in [0, 0.05) is 28.9 Å². The lowest BCUT2D eigenvalue weighted by Crippen LogP contribution is -2.22. The predicted molar refractivity (Wildman–Crippen MR) is 62.0 cm³/mol. The van der Waals surface area contributed by atoms with Crippen LogP contribution in [0.2, 0.25) is 0 Å². The first-order valence-corrected chi connectivity index (χ1v) is 5.93. The van der Waals surface area contributed by atoms with Crippen molar-refractivity contribution >= 4 is 11.3 Å². The van der Waals surface area contributed by atoms with Crippen LogP contribution in [0.15, 0.2) is 12.1 Å². The van der Waals surface area contributed by atoms with Crippen LogP contribution in [-0.4, -0.2) is 19.8 Å². The Hall–Kier alpha value is -0.380. The van der Waals surface area contributed by atoms with Gasteiger partial charge in [0.05, 0.1) is 6.61 Å². The third kappa shape index (κ3) is 3.78. The van der Waals surface area contributed by atoms with E-state index in [-0.39, 0.29) is 0 Å². The molecule has 0 aromatic carbocycles. The average Bonchev–Trinajstić information content (AvgIpc) is 2.59. The van der Waals surface area contributed by atoms with Crippen LogP contribution in [-0.2, 0) is 4.74 Å². The van der Waals surface area contributed by atoms with Crippen LogP contribution < -0.4 is 5.32 Å². The van der Waals surface area contributed by atoms with Crippen LogP contribution in [0.25, 0.3) is 0 Å². The van der Waals surface area contributed by atoms with Gasteiger partial charge in [-0.1, -0.05) is 0 Å². The van der Waals surface area contributed by atoms with Gasteiger partial charge >= 0.3 is 0 Å². The molecule has 0 fully saturated rings. The van der Waals surface area contributed by atoms with Crippen molar-refractivity contribution in [1.29, 1.82) is 0 Å². The molecule has 0 spiro atoms. The van der Waals surface area contributed by atoms with Gasteiger partial charge in [0.25, 0.3) is 0 Å². The van der Waals surface area contributed by atoms with E-state index in [4.69, 9.17) is 4.74 Å². The number of hydrogen-bond acceptors (Lipinski definition) is 3. The van der Waals surface area contributed by atoms with Crippen molar-refractivity contribution in [3.8, 4) is 0 Å². The van der Waals surface area contributed by atoms with Crippen molar-refractivity contribution in [2.45, 2.75) is 26.8 Å². The van der Waals surface area contributed by atoms with E-state index in [0.29, 0.717) is 6.04 Å². The van der Waals surface area contributed by atoms with E-state index in [1.807, 2.05) is 18.3 Å². The van der Waals surface area contributed by atoms with Crippen LogP contribution in [0, 0.1) is 6.92 Å². The maximum Gasteiger partial charge on any atom is 0.0590 e. The molecule has 0 bridgehead atoms. The zero-order chi connectivity index (χ0) is 10.4. The standard InChI is InChI=1S/C11H19NOS/c1-4-13-8-7-12-10(3)11-6-5-9(2)14-11/h5-6,10,12H,4,7-8H2,1-3H3/t10-/m0/s1. The van der Waals surface area contributed by atoms with Gasteiger partial charge in [-0.15, -0.1) is 11.3 Å². The molecule has 0 saturated heterocycles. The van der Waals surface area contributed by atoms with Crippen molar-refractivity contribution in [2.24, 2.45) is 0 Å². The molecule has 0 saturated carbocycles. The molecule has 0 aliphatic carbocycles. The van der Waals surface area contributed by atoms with Gasteiger partial charge in [0.15, 0.2) is 0 Å². The highest BCUT2D eigenvalue weighted by Gasteiger charge is 2.05. The molecular weight excluding hydrogens is 194 g/mol. The zero-order valence-corrected chi connectivity index (χ0v) is 9.99. The lowest BCUT2D eigenvalue weighted by molar-refractivity contribution is 0.147. The number of ether oxygens (including phenoxy) is 1. The molecule has 1 aromatic rings. The van der Waals surface area contributed by atoms with Gasteiger partial charge in [0.1, 0.15) is 0 Å². The lowest BCUT2D eigenvalue weighted by atomic mass is 10.3. The Kier molecular flexibility index (Phi) is 5.15. The van der Waals surface area contributed by atoms with Crippen LogP contribution in [0.4, 0.5) is 0 Å². The molecule has 0 aliphatic heterocycles. The van der Waals surface area contributed by atoms with Gasteiger partial charge in [-0.25, -0.2) is 0 Å². The number of aryl methyl sites for hydroxylation is 1. The molecule has 0 aliphatic rings. The Morgan fingerprint density at radius 3 is 2.86 bits per heavy atom. The number of thiophene rings is 1. The Bertz CT molecular complexity index is 260. The molecule has 1 rings (SSSR count). The van der Waals surface area contributed by atoms with E-state index in [1.165, 1.54) is 9.75 Å². The summed E-state index contributed by atoms with van der Waals surface area (Å²) in [6.45, 7) is 8.87. The summed E-state index contributed by atoms with van der Waals surface area (Å²) in [5, 5.41) is 3.43. The summed E-state index contributed by atoms with van der Waals surface area (Å²) < 4.78 is 5.27. The molecular formula is C11H19NOS. The van der Waals surface area contributed by atoms with E-state index in [0.717, 1.165) is 19.8 Å². The smallest absolute Gasteiger partial charge is 0.0590 e. The maximum absolute atomic E-state index is 5.27. The molecule has 0 amide bonds. The van der Waals surface area contributed by atoms with Gasteiger partial charge in [0.2, 0.25) is 0 Å². The highest BCUT2D eigenvalue weighted by atomic mass is 32.1. The van der Waals surface area contributed by atoms with Gasteiger partial charge in [-0.05, 0) is 32.9 Å². The third-order valence-corrected chi connectivity index (χ3v) is 3.27. The van der Waals surface area contributed by atoms with E-state index in [9.17, 15) is 0 Å². The molecule has 1 heterocycles. The maximum atomic E-state index is 5.27. The van der Waals surface area contributed by atoms with Crippen molar-refractivity contribution in [3.05, 3.63) is 21.9 Å². The van der Waals surface area contributed by atoms with E-state index in [1.54, 1.807) is 0 Å². The van der Waals surface area contributed by atoms with E-state index < -0.39 is 0 Å². The largest absolute Gasteiger partial charge is 0.380 e. The number of hydrogen-bond donors (Lipinski definition) is 1. The van der Waals surface area contributed by atoms with Crippen molar-refractivity contribution in [1.82, 2.24) is 5.32 Å². The zero-order valence-electron chi connectivity index (χ0n) is 9.17. The summed E-state index contributed by atoms with van der Waals surface area (Å²) in [6, 6.07) is 4.80. The molecule has 14 heavy (non-hydrogen) atoms. The van der Waals surface area contributed by atoms with Crippen LogP contribution in [0.1, 0.15) is 29.6 Å². The monoisotopic (exact) mass is 213 g/mol. The van der Waals surface area contributed by atoms with Crippen LogP contribution in [0.3, 0.4) is 0 Å². The van der Waals surface area contributed by atoms with Crippen molar-refractivity contribution in [3.63, 3.8) is 0 Å². The summed E-state index contributed by atoms with van der Waals surface area (Å²) in [5.41, 5.74) is 0. The summed E-state index contributed by atoms with van der Waals surface area (Å²) in [4.78, 5) is 2.78. The second-order valence-electron chi connectivity index (χ2n) is 3.32. The minimum Gasteiger partial charge on any atom is -0.380 e. The Balaban J connectivity index is 2.25. The molecule has 1 N–H and O–H groups in total. The third-order valence-electron chi connectivity index (χ3n) is 2.09. The molecule has 1 aromatic heterocycles. The fourth-order valence-corrected chi connectivity index (χ4v) is 2.18. The quantitative estimate of drug-likeness (QED) is 0.734. The molecule has 0 radical (unpaired) electrons. The average molecular weight is 213 g/mol. The van der Waals surface area contributed by atoms with E-state index in [2.05, 4.69) is 31.3 Å². The normalized spacial score (nSPS) is 13.1. The predicted octanol–water partition coefficient (Wildman–Crippen LogP) is 2.74. The fraction of sp³-hybridized carbons (Fsp3) is 0.636. The van der Waals surface area contributed by atoms with Gasteiger partial charge < -0.3 is 10.1 Å². The molecule has 2 nitrogen and oxygen atoms in total. The number of rotatable bonds is 6. The highest BCUT2D eigenvalue weighted by Crippen LogP contribution is 2.21. The molecule has 1 atom stereocenters. The van der Waals surface area contributed by atoms with Crippen molar-refractivity contribution < 1.29 is 4.74 Å². The first kappa shape index (κ1) is 11.7. The second kappa shape index (κ2) is 6.17. The fourth-order valence-electron chi connectivity index (χ4n) is 1.28. The molecule has 0 unspecified atom stereocenters. The van der Waals surface area contributed by atoms with E-state index >= 15 is 0 Å². The highest BCUT2D eigenvalue weighted by molar-refractivity contribution is 7.12. The summed E-state index contributed by atoms with van der Waals surface area (Å²) >= 11 is 1.86. The summed E-state index contributed by atoms with van der Waals surface area (Å²) in [7, 11) is 0. The summed E-state index contributed by atoms with van der Waals surface area (Å²) in [5.74, 6) is 0. The van der Waals surface area contributed by atoms with Crippen molar-refractivity contribution in [2.75, 3.05) is 19.8 Å². The van der Waals surface area contributed by atoms with Crippen LogP contribution >= 0.6 is 11.3 Å². The Morgan fingerprint density at radius 2 is 2.29 bits per heavy atom. The minimum absolute atomic E-state index is 0.439. The Labute approximate surface area is 90.3 Å². The minimum atomic E-state index is 0.439. The number of nitrogens with one attached hydrogen (secondary N) is 1. The second-order valence-corrected chi connectivity index (χ2v) is 4.64. The summed E-state index contributed by atoms with van der Waals surface area (Å²) in [6.07, 6.45) is 0. The van der Waals surface area contributed by atoms with Gasteiger partial charge in [-0.3, -0.25) is 0 Å². The van der Waals surface area contributed by atoms with Gasteiger partial charge in [-0.2, -0.15) is 0 Å². The topological polar surface area (TPSA) is 21.3 Å². The molecule has 80 valence electrons. The molecule has 3 heteroatoms. The lowest BCUT2D eigenvalue weighted by Gasteiger charge is -2.11. The SMILES string of the molecule is CCOCCN[C@@H](C)c1ccc(C)s1. The first-order chi connectivity index (χ1) is 6.74.